The molecule has 0 aliphatic carbocycles. The first-order chi connectivity index (χ1) is 10.6. The van der Waals surface area contributed by atoms with Gasteiger partial charge in [0, 0.05) is 19.1 Å². The molecule has 1 aromatic rings. The summed E-state index contributed by atoms with van der Waals surface area (Å²) in [6.45, 7) is 4.35. The number of nitrogens with zero attached hydrogens (tertiary/aromatic N) is 1. The molecule has 2 rings (SSSR count). The van der Waals surface area contributed by atoms with E-state index >= 15 is 0 Å². The van der Waals surface area contributed by atoms with Gasteiger partial charge in [0.25, 0.3) is 0 Å². The quantitative estimate of drug-likeness (QED) is 0.836. The smallest absolute Gasteiger partial charge is 0.340 e. The molecule has 2 N–H and O–H groups in total. The van der Waals surface area contributed by atoms with Crippen LogP contribution in [0.3, 0.4) is 0 Å². The predicted octanol–water partition coefficient (Wildman–Crippen LogP) is 1.36. The van der Waals surface area contributed by atoms with Gasteiger partial charge in [-0.1, -0.05) is 13.8 Å². The Morgan fingerprint density at radius 2 is 2.09 bits per heavy atom. The zero-order valence-corrected chi connectivity index (χ0v) is 14.2. The second-order valence-electron chi connectivity index (χ2n) is 6.36. The zero-order chi connectivity index (χ0) is 17.4. The summed E-state index contributed by atoms with van der Waals surface area (Å²) in [5, 5.41) is 0. The largest absolute Gasteiger partial charge is 0.465 e. The van der Waals surface area contributed by atoms with Crippen LogP contribution in [0.25, 0.3) is 0 Å². The fraction of sp³-hybridized carbons (Fsp3) is 0.533. The lowest BCUT2D eigenvalue weighted by atomic mass is 9.81. The normalized spacial score (nSPS) is 21.9. The molecule has 0 saturated carbocycles. The molecular weight excluding hydrogens is 323 g/mol. The molecule has 1 aliphatic heterocycles. The van der Waals surface area contributed by atoms with Crippen molar-refractivity contribution in [1.82, 2.24) is 4.31 Å². The van der Waals surface area contributed by atoms with Crippen LogP contribution < -0.4 is 5.73 Å². The van der Waals surface area contributed by atoms with Gasteiger partial charge in [0.05, 0.1) is 17.6 Å². The van der Waals surface area contributed by atoms with E-state index in [1.165, 1.54) is 10.4 Å². The monoisotopic (exact) mass is 344 g/mol. The first kappa shape index (κ1) is 17.8. The molecule has 1 fully saturated rings. The van der Waals surface area contributed by atoms with Crippen LogP contribution >= 0.6 is 0 Å². The number of ether oxygens (including phenoxy) is 1. The minimum absolute atomic E-state index is 0.0904. The minimum atomic E-state index is -3.84. The number of hydrogen-bond donors (Lipinski definition) is 1. The number of methoxy groups -OCH3 is 1. The average Bonchev–Trinajstić information content (AvgIpc) is 2.48. The Morgan fingerprint density at radius 1 is 1.43 bits per heavy atom. The maximum atomic E-state index is 14.0. The molecule has 0 amide bonds. The van der Waals surface area contributed by atoms with Gasteiger partial charge >= 0.3 is 5.97 Å². The molecule has 1 atom stereocenters. The van der Waals surface area contributed by atoms with Crippen LogP contribution in [-0.4, -0.2) is 44.9 Å². The third kappa shape index (κ3) is 3.39. The number of piperidine rings is 1. The van der Waals surface area contributed by atoms with E-state index in [9.17, 15) is 17.6 Å². The third-order valence-corrected chi connectivity index (χ3v) is 6.10. The topological polar surface area (TPSA) is 89.7 Å². The molecule has 1 aromatic carbocycles. The van der Waals surface area contributed by atoms with Crippen molar-refractivity contribution in [2.75, 3.05) is 20.2 Å². The molecule has 1 aliphatic rings. The summed E-state index contributed by atoms with van der Waals surface area (Å²) >= 11 is 0. The van der Waals surface area contributed by atoms with E-state index in [0.717, 1.165) is 19.2 Å². The molecule has 0 spiro atoms. The Hall–Kier alpha value is -1.51. The number of rotatable bonds is 3. The number of carbonyl (C=O) groups excluding carboxylic acids is 1. The highest BCUT2D eigenvalue weighted by Crippen LogP contribution is 2.31. The number of hydrogen-bond acceptors (Lipinski definition) is 5. The van der Waals surface area contributed by atoms with Crippen molar-refractivity contribution in [3.63, 3.8) is 0 Å². The summed E-state index contributed by atoms with van der Waals surface area (Å²) in [5.74, 6) is -1.78. The van der Waals surface area contributed by atoms with Crippen LogP contribution in [0.2, 0.25) is 0 Å². The zero-order valence-electron chi connectivity index (χ0n) is 13.4. The van der Waals surface area contributed by atoms with Crippen molar-refractivity contribution >= 4 is 16.0 Å². The van der Waals surface area contributed by atoms with E-state index in [1.807, 2.05) is 13.8 Å². The fourth-order valence-corrected chi connectivity index (χ4v) is 4.25. The SMILES string of the molecule is COC(=O)c1ccc(S(=O)(=O)N2CCC(N)C(C)(C)C2)cc1F. The van der Waals surface area contributed by atoms with Gasteiger partial charge in [0.1, 0.15) is 5.82 Å². The minimum Gasteiger partial charge on any atom is -0.465 e. The lowest BCUT2D eigenvalue weighted by molar-refractivity contribution is 0.0595. The highest BCUT2D eigenvalue weighted by atomic mass is 32.2. The van der Waals surface area contributed by atoms with Crippen molar-refractivity contribution in [1.29, 1.82) is 0 Å². The third-order valence-electron chi connectivity index (χ3n) is 4.26. The Morgan fingerprint density at radius 3 is 2.61 bits per heavy atom. The molecule has 0 radical (unpaired) electrons. The van der Waals surface area contributed by atoms with Crippen molar-refractivity contribution in [3.05, 3.63) is 29.6 Å². The first-order valence-electron chi connectivity index (χ1n) is 7.23. The van der Waals surface area contributed by atoms with Gasteiger partial charge in [-0.3, -0.25) is 0 Å². The summed E-state index contributed by atoms with van der Waals surface area (Å²) in [6, 6.07) is 3.09. The summed E-state index contributed by atoms with van der Waals surface area (Å²) in [6.07, 6.45) is 0.537. The van der Waals surface area contributed by atoms with Crippen LogP contribution in [0.4, 0.5) is 4.39 Å². The maximum Gasteiger partial charge on any atom is 0.340 e. The highest BCUT2D eigenvalue weighted by molar-refractivity contribution is 7.89. The van der Waals surface area contributed by atoms with Crippen LogP contribution in [0.15, 0.2) is 23.1 Å². The molecule has 23 heavy (non-hydrogen) atoms. The van der Waals surface area contributed by atoms with Gasteiger partial charge in [-0.2, -0.15) is 4.31 Å². The number of carbonyl (C=O) groups is 1. The van der Waals surface area contributed by atoms with Crippen LogP contribution in [-0.2, 0) is 14.8 Å². The van der Waals surface area contributed by atoms with E-state index in [1.54, 1.807) is 0 Å². The second-order valence-corrected chi connectivity index (χ2v) is 8.29. The van der Waals surface area contributed by atoms with E-state index in [0.29, 0.717) is 6.42 Å². The number of esters is 1. The Kier molecular flexibility index (Phi) is 4.79. The van der Waals surface area contributed by atoms with Gasteiger partial charge in [0.2, 0.25) is 10.0 Å². The molecule has 1 unspecified atom stereocenters. The summed E-state index contributed by atoms with van der Waals surface area (Å²) in [4.78, 5) is 11.2. The molecular formula is C15H21FN2O4S. The van der Waals surface area contributed by atoms with Gasteiger partial charge in [0.15, 0.2) is 0 Å². The van der Waals surface area contributed by atoms with Gasteiger partial charge in [-0.25, -0.2) is 17.6 Å². The highest BCUT2D eigenvalue weighted by Gasteiger charge is 2.39. The lowest BCUT2D eigenvalue weighted by Gasteiger charge is -2.41. The van der Waals surface area contributed by atoms with Crippen LogP contribution in [0.5, 0.6) is 0 Å². The van der Waals surface area contributed by atoms with E-state index in [4.69, 9.17) is 5.73 Å². The van der Waals surface area contributed by atoms with Crippen molar-refractivity contribution in [2.24, 2.45) is 11.1 Å². The van der Waals surface area contributed by atoms with Crippen molar-refractivity contribution in [2.45, 2.75) is 31.2 Å². The molecule has 0 bridgehead atoms. The molecule has 8 heteroatoms. The number of benzene rings is 1. The number of nitrogens with two attached hydrogens (primary N) is 1. The van der Waals surface area contributed by atoms with Crippen LogP contribution in [0.1, 0.15) is 30.6 Å². The summed E-state index contributed by atoms with van der Waals surface area (Å²) < 4.78 is 45.1. The molecule has 1 heterocycles. The number of halogens is 1. The van der Waals surface area contributed by atoms with E-state index in [2.05, 4.69) is 4.74 Å². The Bertz CT molecular complexity index is 718. The fourth-order valence-electron chi connectivity index (χ4n) is 2.61. The standard InChI is InChI=1S/C15H21FN2O4S/c1-15(2)9-18(7-6-13(15)17)23(20,21)10-4-5-11(12(16)8-10)14(19)22-3/h4-5,8,13H,6-7,9,17H2,1-3H3. The van der Waals surface area contributed by atoms with E-state index in [-0.39, 0.29) is 35.0 Å². The van der Waals surface area contributed by atoms with Gasteiger partial charge in [-0.15, -0.1) is 0 Å². The average molecular weight is 344 g/mol. The lowest BCUT2D eigenvalue weighted by Crippen LogP contribution is -2.53. The van der Waals surface area contributed by atoms with Crippen molar-refractivity contribution in [3.8, 4) is 0 Å². The second kappa shape index (κ2) is 6.18. The van der Waals surface area contributed by atoms with Crippen molar-refractivity contribution < 1.29 is 22.3 Å². The maximum absolute atomic E-state index is 14.0. The van der Waals surface area contributed by atoms with Gasteiger partial charge in [-0.05, 0) is 30.0 Å². The van der Waals surface area contributed by atoms with E-state index < -0.39 is 21.8 Å². The van der Waals surface area contributed by atoms with Gasteiger partial charge < -0.3 is 10.5 Å². The number of sulfonamides is 1. The molecule has 0 aromatic heterocycles. The predicted molar refractivity (Wildman–Crippen MR) is 82.9 cm³/mol. The molecule has 6 nitrogen and oxygen atoms in total. The summed E-state index contributed by atoms with van der Waals surface area (Å²) in [5.41, 5.74) is 5.35. The summed E-state index contributed by atoms with van der Waals surface area (Å²) in [7, 11) is -2.71. The first-order valence-corrected chi connectivity index (χ1v) is 8.67. The molecule has 128 valence electrons. The van der Waals surface area contributed by atoms with Crippen LogP contribution in [0, 0.1) is 11.2 Å². The Labute approximate surface area is 135 Å². The Balaban J connectivity index is 2.34. The molecule has 1 saturated heterocycles.